The van der Waals surface area contributed by atoms with Crippen LogP contribution in [0.25, 0.3) is 6.08 Å². The molecule has 2 aliphatic heterocycles. The van der Waals surface area contributed by atoms with Gasteiger partial charge in [-0.15, -0.1) is 0 Å². The Bertz CT molecular complexity index is 1530. The molecule has 0 aliphatic carbocycles. The number of thiazole rings is 1. The summed E-state index contributed by atoms with van der Waals surface area (Å²) in [6.45, 7) is 9.00. The predicted molar refractivity (Wildman–Crippen MR) is 130 cm³/mol. The van der Waals surface area contributed by atoms with Crippen LogP contribution in [0.5, 0.6) is 17.2 Å². The second-order valence-electron chi connectivity index (χ2n) is 8.15. The van der Waals surface area contributed by atoms with Crippen molar-refractivity contribution in [2.45, 2.75) is 26.3 Å². The molecular weight excluding hydrogens is 452 g/mol. The van der Waals surface area contributed by atoms with Crippen molar-refractivity contribution >= 4 is 17.4 Å². The lowest BCUT2D eigenvalue weighted by Crippen LogP contribution is -2.38. The van der Waals surface area contributed by atoms with Crippen molar-refractivity contribution in [3.63, 3.8) is 0 Å². The van der Waals surface area contributed by atoms with E-state index in [4.69, 9.17) is 14.5 Å². The molecule has 5 rings (SSSR count). The molecule has 34 heavy (non-hydrogen) atoms. The first-order valence-electron chi connectivity index (χ1n) is 11.0. The van der Waals surface area contributed by atoms with Gasteiger partial charge in [0, 0.05) is 17.7 Å². The van der Waals surface area contributed by atoms with Crippen LogP contribution in [0, 0.1) is 0 Å². The van der Waals surface area contributed by atoms with E-state index in [1.54, 1.807) is 16.7 Å². The number of ether oxygens (including phenoxy) is 2. The predicted octanol–water partition coefficient (Wildman–Crippen LogP) is 3.13. The third-order valence-corrected chi connectivity index (χ3v) is 6.96. The lowest BCUT2D eigenvalue weighted by Gasteiger charge is -2.27. The maximum atomic E-state index is 13.7. The Kier molecular flexibility index (Phi) is 5.53. The number of aromatic nitrogens is 1. The van der Waals surface area contributed by atoms with Crippen LogP contribution in [0.1, 0.15) is 36.6 Å². The molecule has 8 heteroatoms. The largest absolute Gasteiger partial charge is 0.504 e. The van der Waals surface area contributed by atoms with Crippen LogP contribution in [-0.2, 0) is 11.2 Å². The summed E-state index contributed by atoms with van der Waals surface area (Å²) in [6, 6.07) is 10.0. The minimum Gasteiger partial charge on any atom is -0.504 e. The molecule has 1 unspecified atom stereocenters. The van der Waals surface area contributed by atoms with Crippen molar-refractivity contribution in [2.24, 2.45) is 4.99 Å². The first-order valence-corrected chi connectivity index (χ1v) is 11.8. The number of rotatable bonds is 5. The third kappa shape index (κ3) is 3.70. The summed E-state index contributed by atoms with van der Waals surface area (Å²) >= 11 is 1.27. The second kappa shape index (κ2) is 8.53. The quantitative estimate of drug-likeness (QED) is 0.436. The van der Waals surface area contributed by atoms with E-state index in [0.29, 0.717) is 33.9 Å². The molecule has 2 N–H and O–H groups in total. The zero-order valence-corrected chi connectivity index (χ0v) is 19.7. The summed E-state index contributed by atoms with van der Waals surface area (Å²) in [5, 5.41) is 19.4. The average molecular weight is 477 g/mol. The Hall–Kier alpha value is -3.78. The van der Waals surface area contributed by atoms with Gasteiger partial charge in [0.2, 0.25) is 0 Å². The Morgan fingerprint density at radius 2 is 2.12 bits per heavy atom. The standard InChI is InChI=1S/C26H24N2O5S/c1-4-32-15(3)23-14(2)27-26-28(24(23)18-7-6-17-9-10-33-21(17)13-18)25(31)22(34-26)12-16-5-8-19(29)20(30)11-16/h5-8,11-13,24,29-30H,3-4,9-10H2,1-2H3/b22-12-. The van der Waals surface area contributed by atoms with Gasteiger partial charge in [-0.3, -0.25) is 9.36 Å². The average Bonchev–Trinajstić information content (AvgIpc) is 3.39. The Labute approximate surface area is 199 Å². The number of benzene rings is 2. The number of nitrogens with zero attached hydrogens (tertiary/aromatic N) is 2. The molecule has 0 amide bonds. The lowest BCUT2D eigenvalue weighted by atomic mass is 9.93. The van der Waals surface area contributed by atoms with Gasteiger partial charge in [-0.25, -0.2) is 4.99 Å². The molecular formula is C26H24N2O5S. The molecule has 2 aromatic carbocycles. The van der Waals surface area contributed by atoms with Crippen molar-refractivity contribution in [3.05, 3.63) is 96.4 Å². The SMILES string of the molecule is C=C(OCC)C1=C(C)N=c2s/c(=C\c3ccc(O)c(O)c3)c(=O)n2C1c1ccc2c(c1)OCC2. The summed E-state index contributed by atoms with van der Waals surface area (Å²) in [6.07, 6.45) is 2.55. The van der Waals surface area contributed by atoms with E-state index in [1.807, 2.05) is 32.0 Å². The maximum absolute atomic E-state index is 13.7. The number of hydrogen-bond acceptors (Lipinski definition) is 7. The normalized spacial score (nSPS) is 17.1. The van der Waals surface area contributed by atoms with E-state index in [-0.39, 0.29) is 17.1 Å². The van der Waals surface area contributed by atoms with Crippen molar-refractivity contribution in [2.75, 3.05) is 13.2 Å². The fourth-order valence-corrected chi connectivity index (χ4v) is 5.43. The van der Waals surface area contributed by atoms with Crippen LogP contribution in [0.15, 0.2) is 69.8 Å². The number of phenols is 2. The minimum absolute atomic E-state index is 0.211. The zero-order chi connectivity index (χ0) is 24.0. The van der Waals surface area contributed by atoms with Gasteiger partial charge in [-0.2, -0.15) is 0 Å². The van der Waals surface area contributed by atoms with Gasteiger partial charge >= 0.3 is 0 Å². The Morgan fingerprint density at radius 1 is 1.29 bits per heavy atom. The number of aromatic hydroxyl groups is 2. The van der Waals surface area contributed by atoms with E-state index in [2.05, 4.69) is 6.58 Å². The first kappa shape index (κ1) is 22.0. The molecule has 7 nitrogen and oxygen atoms in total. The summed E-state index contributed by atoms with van der Waals surface area (Å²) < 4.78 is 13.7. The molecule has 0 spiro atoms. The summed E-state index contributed by atoms with van der Waals surface area (Å²) in [7, 11) is 0. The Morgan fingerprint density at radius 3 is 2.88 bits per heavy atom. The minimum atomic E-state index is -0.472. The highest BCUT2D eigenvalue weighted by atomic mass is 32.1. The van der Waals surface area contributed by atoms with E-state index in [0.717, 1.165) is 34.6 Å². The highest BCUT2D eigenvalue weighted by Gasteiger charge is 2.31. The van der Waals surface area contributed by atoms with Gasteiger partial charge in [-0.1, -0.05) is 36.1 Å². The highest BCUT2D eigenvalue weighted by molar-refractivity contribution is 7.07. The number of hydrogen-bond donors (Lipinski definition) is 2. The van der Waals surface area contributed by atoms with Crippen molar-refractivity contribution in [1.82, 2.24) is 4.57 Å². The fraction of sp³-hybridized carbons (Fsp3) is 0.231. The first-order chi connectivity index (χ1) is 16.4. The van der Waals surface area contributed by atoms with Crippen LogP contribution < -0.4 is 19.6 Å². The van der Waals surface area contributed by atoms with Gasteiger partial charge in [0.1, 0.15) is 11.5 Å². The molecule has 3 aromatic rings. The van der Waals surface area contributed by atoms with Crippen LogP contribution in [-0.4, -0.2) is 28.0 Å². The molecule has 0 saturated heterocycles. The van der Waals surface area contributed by atoms with Gasteiger partial charge in [0.05, 0.1) is 23.8 Å². The molecule has 1 atom stereocenters. The summed E-state index contributed by atoms with van der Waals surface area (Å²) in [4.78, 5) is 18.9. The number of phenolic OH excluding ortho intramolecular Hbond substituents is 2. The van der Waals surface area contributed by atoms with Crippen LogP contribution in [0.3, 0.4) is 0 Å². The Balaban J connectivity index is 1.72. The number of fused-ring (bicyclic) bond motifs is 2. The van der Waals surface area contributed by atoms with Crippen LogP contribution in [0.2, 0.25) is 0 Å². The van der Waals surface area contributed by atoms with Gasteiger partial charge in [0.15, 0.2) is 16.3 Å². The molecule has 174 valence electrons. The molecule has 0 radical (unpaired) electrons. The smallest absolute Gasteiger partial charge is 0.271 e. The van der Waals surface area contributed by atoms with E-state index in [9.17, 15) is 15.0 Å². The summed E-state index contributed by atoms with van der Waals surface area (Å²) in [5.74, 6) is 0.846. The van der Waals surface area contributed by atoms with E-state index in [1.165, 1.54) is 23.5 Å². The van der Waals surface area contributed by atoms with Crippen molar-refractivity contribution < 1.29 is 19.7 Å². The van der Waals surface area contributed by atoms with Gasteiger partial charge < -0.3 is 19.7 Å². The second-order valence-corrected chi connectivity index (χ2v) is 9.16. The van der Waals surface area contributed by atoms with E-state index < -0.39 is 6.04 Å². The number of allylic oxidation sites excluding steroid dienone is 2. The van der Waals surface area contributed by atoms with Crippen LogP contribution in [0.4, 0.5) is 0 Å². The van der Waals surface area contributed by atoms with E-state index >= 15 is 0 Å². The van der Waals surface area contributed by atoms with Crippen LogP contribution >= 0.6 is 11.3 Å². The lowest BCUT2D eigenvalue weighted by molar-refractivity contribution is 0.233. The fourth-order valence-electron chi connectivity index (χ4n) is 4.38. The molecule has 0 saturated carbocycles. The topological polar surface area (TPSA) is 93.3 Å². The maximum Gasteiger partial charge on any atom is 0.271 e. The monoisotopic (exact) mass is 476 g/mol. The third-order valence-electron chi connectivity index (χ3n) is 5.97. The van der Waals surface area contributed by atoms with Gasteiger partial charge in [-0.05, 0) is 54.8 Å². The molecule has 1 aromatic heterocycles. The summed E-state index contributed by atoms with van der Waals surface area (Å²) in [5.41, 5.74) is 3.91. The molecule has 3 heterocycles. The van der Waals surface area contributed by atoms with Gasteiger partial charge in [0.25, 0.3) is 5.56 Å². The highest BCUT2D eigenvalue weighted by Crippen LogP contribution is 2.37. The molecule has 2 aliphatic rings. The molecule has 0 fully saturated rings. The van der Waals surface area contributed by atoms with Crippen molar-refractivity contribution in [1.29, 1.82) is 0 Å². The zero-order valence-electron chi connectivity index (χ0n) is 18.9. The van der Waals surface area contributed by atoms with Crippen molar-refractivity contribution in [3.8, 4) is 17.2 Å². The molecule has 0 bridgehead atoms.